The van der Waals surface area contributed by atoms with Gasteiger partial charge in [0.05, 0.1) is 5.75 Å². The van der Waals surface area contributed by atoms with Crippen LogP contribution in [0.4, 0.5) is 0 Å². The zero-order valence-corrected chi connectivity index (χ0v) is 14.0. The number of thioether (sulfide) groups is 1. The van der Waals surface area contributed by atoms with E-state index in [0.717, 1.165) is 16.0 Å². The van der Waals surface area contributed by atoms with Crippen LogP contribution in [0.15, 0.2) is 53.4 Å². The van der Waals surface area contributed by atoms with Crippen LogP contribution >= 0.6 is 11.8 Å². The van der Waals surface area contributed by atoms with E-state index in [2.05, 4.69) is 39.0 Å². The molecule has 0 fully saturated rings. The number of Topliss-reactive ketones (excluding diaryl/α,β-unsaturated/α-hetero) is 1. The van der Waals surface area contributed by atoms with Gasteiger partial charge in [0.25, 0.3) is 0 Å². The minimum absolute atomic E-state index is 0.0648. The smallest absolute Gasteiger partial charge is 0.173 e. The van der Waals surface area contributed by atoms with Crippen molar-refractivity contribution in [2.45, 2.75) is 38.0 Å². The van der Waals surface area contributed by atoms with Gasteiger partial charge in [0.2, 0.25) is 0 Å². The van der Waals surface area contributed by atoms with E-state index in [0.29, 0.717) is 5.75 Å². The first-order valence-electron chi connectivity index (χ1n) is 7.20. The summed E-state index contributed by atoms with van der Waals surface area (Å²) in [4.78, 5) is 13.6. The van der Waals surface area contributed by atoms with Crippen molar-refractivity contribution in [1.82, 2.24) is 0 Å². The van der Waals surface area contributed by atoms with Gasteiger partial charge < -0.3 is 0 Å². The van der Waals surface area contributed by atoms with E-state index in [1.165, 1.54) is 5.56 Å². The highest BCUT2D eigenvalue weighted by molar-refractivity contribution is 8.00. The zero-order chi connectivity index (χ0) is 15.5. The molecule has 110 valence electrons. The van der Waals surface area contributed by atoms with Gasteiger partial charge in [-0.15, -0.1) is 11.8 Å². The minimum Gasteiger partial charge on any atom is -0.293 e. The molecule has 0 saturated carbocycles. The maximum atomic E-state index is 12.5. The molecule has 0 spiro atoms. The number of ketones is 1. The summed E-state index contributed by atoms with van der Waals surface area (Å²) in [6, 6.07) is 16.3. The summed E-state index contributed by atoms with van der Waals surface area (Å²) in [5.74, 6) is 0.686. The number of benzene rings is 2. The fourth-order valence-electron chi connectivity index (χ4n) is 2.13. The van der Waals surface area contributed by atoms with Gasteiger partial charge in [0.15, 0.2) is 5.78 Å². The number of carbonyl (C=O) groups is 1. The molecule has 2 heteroatoms. The number of aryl methyl sites for hydroxylation is 1. The molecule has 2 aromatic rings. The molecule has 0 amide bonds. The second-order valence-corrected chi connectivity index (χ2v) is 7.35. The second-order valence-electron chi connectivity index (χ2n) is 6.30. The summed E-state index contributed by atoms with van der Waals surface area (Å²) in [5.41, 5.74) is 3.18. The Labute approximate surface area is 131 Å². The Hall–Kier alpha value is -1.54. The van der Waals surface area contributed by atoms with E-state index >= 15 is 0 Å². The first kappa shape index (κ1) is 15.8. The van der Waals surface area contributed by atoms with Crippen LogP contribution < -0.4 is 0 Å². The molecular weight excluding hydrogens is 276 g/mol. The highest BCUT2D eigenvalue weighted by Crippen LogP contribution is 2.26. The van der Waals surface area contributed by atoms with Gasteiger partial charge in [-0.05, 0) is 41.7 Å². The van der Waals surface area contributed by atoms with E-state index in [-0.39, 0.29) is 11.2 Å². The van der Waals surface area contributed by atoms with Crippen molar-refractivity contribution in [1.29, 1.82) is 0 Å². The Morgan fingerprint density at radius 2 is 1.71 bits per heavy atom. The summed E-state index contributed by atoms with van der Waals surface area (Å²) in [6.07, 6.45) is 0. The third-order valence-corrected chi connectivity index (χ3v) is 4.53. The van der Waals surface area contributed by atoms with Gasteiger partial charge in [-0.2, -0.15) is 0 Å². The quantitative estimate of drug-likeness (QED) is 0.565. The van der Waals surface area contributed by atoms with Crippen LogP contribution in [0.5, 0.6) is 0 Å². The average Bonchev–Trinajstić information content (AvgIpc) is 2.45. The highest BCUT2D eigenvalue weighted by atomic mass is 32.2. The van der Waals surface area contributed by atoms with Crippen LogP contribution in [0.25, 0.3) is 0 Å². The molecular formula is C19H22OS. The van der Waals surface area contributed by atoms with Crippen molar-refractivity contribution in [3.63, 3.8) is 0 Å². The Bertz CT molecular complexity index is 624. The molecule has 0 radical (unpaired) electrons. The van der Waals surface area contributed by atoms with E-state index < -0.39 is 0 Å². The van der Waals surface area contributed by atoms with Crippen LogP contribution in [0.3, 0.4) is 0 Å². The summed E-state index contributed by atoms with van der Waals surface area (Å²) in [7, 11) is 0. The normalized spacial score (nSPS) is 11.4. The van der Waals surface area contributed by atoms with Gasteiger partial charge in [-0.3, -0.25) is 4.79 Å². The lowest BCUT2D eigenvalue weighted by atomic mass is 9.85. The fraction of sp³-hybridized carbons (Fsp3) is 0.316. The Morgan fingerprint density at radius 3 is 2.33 bits per heavy atom. The number of rotatable bonds is 4. The number of hydrogen-bond donors (Lipinski definition) is 0. The van der Waals surface area contributed by atoms with Crippen molar-refractivity contribution in [3.8, 4) is 0 Å². The molecule has 0 aliphatic carbocycles. The number of hydrogen-bond acceptors (Lipinski definition) is 2. The van der Waals surface area contributed by atoms with Crippen molar-refractivity contribution in [2.24, 2.45) is 0 Å². The molecule has 0 saturated heterocycles. The Morgan fingerprint density at radius 1 is 1.05 bits per heavy atom. The van der Waals surface area contributed by atoms with Gasteiger partial charge in [0, 0.05) is 10.5 Å². The topological polar surface area (TPSA) is 17.1 Å². The largest absolute Gasteiger partial charge is 0.293 e. The maximum absolute atomic E-state index is 12.5. The Balaban J connectivity index is 2.15. The molecule has 0 N–H and O–H groups in total. The maximum Gasteiger partial charge on any atom is 0.173 e. The van der Waals surface area contributed by atoms with Gasteiger partial charge in [-0.25, -0.2) is 0 Å². The van der Waals surface area contributed by atoms with E-state index in [1.807, 2.05) is 37.3 Å². The molecule has 2 rings (SSSR count). The molecule has 0 aromatic heterocycles. The van der Waals surface area contributed by atoms with Crippen molar-refractivity contribution >= 4 is 17.5 Å². The van der Waals surface area contributed by atoms with Gasteiger partial charge in [-0.1, -0.05) is 51.1 Å². The van der Waals surface area contributed by atoms with Crippen LogP contribution in [-0.2, 0) is 5.41 Å². The molecule has 0 atom stereocenters. The van der Waals surface area contributed by atoms with E-state index in [9.17, 15) is 4.79 Å². The summed E-state index contributed by atoms with van der Waals surface area (Å²) in [6.45, 7) is 8.52. The predicted octanol–water partition coefficient (Wildman–Crippen LogP) is 5.27. The minimum atomic E-state index is 0.0648. The van der Waals surface area contributed by atoms with Crippen molar-refractivity contribution in [3.05, 3.63) is 65.2 Å². The molecule has 1 nitrogen and oxygen atoms in total. The number of carbonyl (C=O) groups excluding carboxylic acids is 1. The fourth-order valence-corrected chi connectivity index (χ4v) is 2.94. The molecule has 0 unspecified atom stereocenters. The lowest BCUT2D eigenvalue weighted by Crippen LogP contribution is -2.13. The molecule has 21 heavy (non-hydrogen) atoms. The SMILES string of the molecule is Cc1ccc(C(C)(C)C)cc1C(=O)CSc1ccccc1. The van der Waals surface area contributed by atoms with Crippen LogP contribution in [0.2, 0.25) is 0 Å². The molecule has 0 aliphatic rings. The lowest BCUT2D eigenvalue weighted by Gasteiger charge is -2.20. The molecule has 2 aromatic carbocycles. The monoisotopic (exact) mass is 298 g/mol. The summed E-state index contributed by atoms with van der Waals surface area (Å²) >= 11 is 1.60. The van der Waals surface area contributed by atoms with Crippen LogP contribution in [-0.4, -0.2) is 11.5 Å². The first-order chi connectivity index (χ1) is 9.88. The Kier molecular flexibility index (Phi) is 4.89. The predicted molar refractivity (Wildman–Crippen MR) is 91.4 cm³/mol. The van der Waals surface area contributed by atoms with Crippen LogP contribution in [0, 0.1) is 6.92 Å². The molecule has 0 bridgehead atoms. The van der Waals surface area contributed by atoms with Crippen LogP contribution in [0.1, 0.15) is 42.3 Å². The third-order valence-electron chi connectivity index (χ3n) is 3.52. The average molecular weight is 298 g/mol. The zero-order valence-electron chi connectivity index (χ0n) is 13.1. The van der Waals surface area contributed by atoms with Gasteiger partial charge in [0.1, 0.15) is 0 Å². The van der Waals surface area contributed by atoms with Gasteiger partial charge >= 0.3 is 0 Å². The van der Waals surface area contributed by atoms with Crippen molar-refractivity contribution in [2.75, 3.05) is 5.75 Å². The van der Waals surface area contributed by atoms with E-state index in [4.69, 9.17) is 0 Å². The van der Waals surface area contributed by atoms with E-state index in [1.54, 1.807) is 11.8 Å². The first-order valence-corrected chi connectivity index (χ1v) is 8.18. The third kappa shape index (κ3) is 4.21. The lowest BCUT2D eigenvalue weighted by molar-refractivity contribution is 0.102. The van der Waals surface area contributed by atoms with Crippen molar-refractivity contribution < 1.29 is 4.79 Å². The summed E-state index contributed by atoms with van der Waals surface area (Å²) in [5, 5.41) is 0. The second kappa shape index (κ2) is 6.48. The molecule has 0 aliphatic heterocycles. The molecule has 0 heterocycles. The standard InChI is InChI=1S/C19H22OS/c1-14-10-11-15(19(2,3)4)12-17(14)18(20)13-21-16-8-6-5-7-9-16/h5-12H,13H2,1-4H3. The highest BCUT2D eigenvalue weighted by Gasteiger charge is 2.17. The summed E-state index contributed by atoms with van der Waals surface area (Å²) < 4.78 is 0.